The Bertz CT molecular complexity index is 379. The zero-order valence-corrected chi connectivity index (χ0v) is 11.0. The summed E-state index contributed by atoms with van der Waals surface area (Å²) in [7, 11) is 0. The molecule has 0 aliphatic heterocycles. The van der Waals surface area contributed by atoms with E-state index in [0.717, 1.165) is 17.3 Å². The van der Waals surface area contributed by atoms with E-state index in [-0.39, 0.29) is 17.7 Å². The molecule has 3 nitrogen and oxygen atoms in total. The lowest BCUT2D eigenvalue weighted by molar-refractivity contribution is 0.0939. The molecule has 1 rings (SSSR count). The Hall–Kier alpha value is -1.03. The third-order valence-electron chi connectivity index (χ3n) is 2.39. The minimum absolute atomic E-state index is 0.121. The SMILES string of the molecule is Cc1ccc(C(=O)NC(C)CCBr)cc1O. The highest BCUT2D eigenvalue weighted by Crippen LogP contribution is 2.17. The van der Waals surface area contributed by atoms with E-state index in [9.17, 15) is 9.90 Å². The van der Waals surface area contributed by atoms with Crippen molar-refractivity contribution in [3.63, 3.8) is 0 Å². The summed E-state index contributed by atoms with van der Waals surface area (Å²) >= 11 is 3.33. The molecule has 4 heteroatoms. The Morgan fingerprint density at radius 3 is 2.81 bits per heavy atom. The Kier molecular flexibility index (Phi) is 4.80. The van der Waals surface area contributed by atoms with Crippen LogP contribution in [-0.4, -0.2) is 22.4 Å². The van der Waals surface area contributed by atoms with E-state index in [4.69, 9.17) is 0 Å². The fourth-order valence-electron chi connectivity index (χ4n) is 1.29. The number of halogens is 1. The predicted molar refractivity (Wildman–Crippen MR) is 68.2 cm³/mol. The molecular formula is C12H16BrNO2. The molecule has 1 aromatic carbocycles. The second-order valence-corrected chi connectivity index (χ2v) is 4.65. The first kappa shape index (κ1) is 13.0. The first-order valence-electron chi connectivity index (χ1n) is 5.21. The second-order valence-electron chi connectivity index (χ2n) is 3.85. The molecule has 0 aromatic heterocycles. The molecule has 88 valence electrons. The van der Waals surface area contributed by atoms with Gasteiger partial charge in [0.15, 0.2) is 0 Å². The molecule has 1 aromatic rings. The maximum absolute atomic E-state index is 11.8. The summed E-state index contributed by atoms with van der Waals surface area (Å²) in [5, 5.41) is 13.2. The van der Waals surface area contributed by atoms with Gasteiger partial charge in [-0.3, -0.25) is 4.79 Å². The van der Waals surface area contributed by atoms with Crippen LogP contribution in [0.15, 0.2) is 18.2 Å². The number of nitrogens with one attached hydrogen (secondary N) is 1. The number of amides is 1. The lowest BCUT2D eigenvalue weighted by Crippen LogP contribution is -2.32. The number of rotatable bonds is 4. The van der Waals surface area contributed by atoms with Crippen molar-refractivity contribution in [2.45, 2.75) is 26.3 Å². The molecule has 0 fully saturated rings. The minimum atomic E-state index is -0.149. The van der Waals surface area contributed by atoms with Gasteiger partial charge in [0.05, 0.1) is 0 Å². The van der Waals surface area contributed by atoms with Crippen molar-refractivity contribution in [3.05, 3.63) is 29.3 Å². The van der Waals surface area contributed by atoms with Gasteiger partial charge in [0, 0.05) is 16.9 Å². The van der Waals surface area contributed by atoms with Crippen LogP contribution in [0.3, 0.4) is 0 Å². The molecule has 0 aliphatic carbocycles. The number of hydrogen-bond donors (Lipinski definition) is 2. The van der Waals surface area contributed by atoms with Crippen molar-refractivity contribution in [2.24, 2.45) is 0 Å². The number of phenols is 1. The normalized spacial score (nSPS) is 12.2. The van der Waals surface area contributed by atoms with Gasteiger partial charge in [0.2, 0.25) is 0 Å². The number of phenolic OH excluding ortho intramolecular Hbond substituents is 1. The van der Waals surface area contributed by atoms with E-state index in [0.29, 0.717) is 5.56 Å². The van der Waals surface area contributed by atoms with E-state index in [1.165, 1.54) is 6.07 Å². The van der Waals surface area contributed by atoms with Crippen LogP contribution in [0.25, 0.3) is 0 Å². The van der Waals surface area contributed by atoms with Crippen LogP contribution >= 0.6 is 15.9 Å². The van der Waals surface area contributed by atoms with E-state index >= 15 is 0 Å². The summed E-state index contributed by atoms with van der Waals surface area (Å²) in [6.45, 7) is 3.75. The fourth-order valence-corrected chi connectivity index (χ4v) is 1.98. The lowest BCUT2D eigenvalue weighted by atomic mass is 10.1. The summed E-state index contributed by atoms with van der Waals surface area (Å²) < 4.78 is 0. The number of alkyl halides is 1. The number of carbonyl (C=O) groups excluding carboxylic acids is 1. The van der Waals surface area contributed by atoms with Crippen LogP contribution in [0.4, 0.5) is 0 Å². The fraction of sp³-hybridized carbons (Fsp3) is 0.417. The number of aryl methyl sites for hydroxylation is 1. The second kappa shape index (κ2) is 5.89. The van der Waals surface area contributed by atoms with Gasteiger partial charge in [0.1, 0.15) is 5.75 Å². The van der Waals surface area contributed by atoms with Gasteiger partial charge >= 0.3 is 0 Å². The van der Waals surface area contributed by atoms with Crippen LogP contribution in [0, 0.1) is 6.92 Å². The summed E-state index contributed by atoms with van der Waals surface area (Å²) in [6.07, 6.45) is 0.879. The molecule has 0 bridgehead atoms. The molecule has 0 heterocycles. The maximum atomic E-state index is 11.8. The topological polar surface area (TPSA) is 49.3 Å². The van der Waals surface area contributed by atoms with E-state index in [2.05, 4.69) is 21.2 Å². The van der Waals surface area contributed by atoms with Gasteiger partial charge in [0.25, 0.3) is 5.91 Å². The number of carbonyl (C=O) groups is 1. The smallest absolute Gasteiger partial charge is 0.251 e. The largest absolute Gasteiger partial charge is 0.508 e. The van der Waals surface area contributed by atoms with Gasteiger partial charge in [-0.05, 0) is 38.0 Å². The highest BCUT2D eigenvalue weighted by Gasteiger charge is 2.10. The molecule has 1 amide bonds. The van der Waals surface area contributed by atoms with Crippen molar-refractivity contribution >= 4 is 21.8 Å². The highest BCUT2D eigenvalue weighted by molar-refractivity contribution is 9.09. The Balaban J connectivity index is 2.69. The van der Waals surface area contributed by atoms with Gasteiger partial charge in [-0.25, -0.2) is 0 Å². The molecule has 0 saturated carbocycles. The first-order valence-corrected chi connectivity index (χ1v) is 6.33. The third kappa shape index (κ3) is 3.52. The number of aromatic hydroxyl groups is 1. The molecule has 0 aliphatic rings. The predicted octanol–water partition coefficient (Wildman–Crippen LogP) is 2.60. The molecule has 1 unspecified atom stereocenters. The summed E-state index contributed by atoms with van der Waals surface area (Å²) in [6, 6.07) is 5.06. The first-order chi connectivity index (χ1) is 7.54. The Labute approximate surface area is 104 Å². The highest BCUT2D eigenvalue weighted by atomic mass is 79.9. The Morgan fingerprint density at radius 2 is 2.25 bits per heavy atom. The minimum Gasteiger partial charge on any atom is -0.508 e. The average molecular weight is 286 g/mol. The molecule has 0 spiro atoms. The molecule has 16 heavy (non-hydrogen) atoms. The zero-order valence-electron chi connectivity index (χ0n) is 9.46. The van der Waals surface area contributed by atoms with Gasteiger partial charge in [-0.15, -0.1) is 0 Å². The molecule has 0 saturated heterocycles. The lowest BCUT2D eigenvalue weighted by Gasteiger charge is -2.12. The van der Waals surface area contributed by atoms with Crippen LogP contribution in [0.1, 0.15) is 29.3 Å². The van der Waals surface area contributed by atoms with Crippen LogP contribution in [0.2, 0.25) is 0 Å². The quantitative estimate of drug-likeness (QED) is 0.836. The van der Waals surface area contributed by atoms with Crippen LogP contribution in [0.5, 0.6) is 5.75 Å². The van der Waals surface area contributed by atoms with Crippen LogP contribution in [-0.2, 0) is 0 Å². The summed E-state index contributed by atoms with van der Waals surface area (Å²) in [5.74, 6) is 0.00421. The number of benzene rings is 1. The van der Waals surface area contributed by atoms with Crippen molar-refractivity contribution in [1.82, 2.24) is 5.32 Å². The van der Waals surface area contributed by atoms with Crippen molar-refractivity contribution in [1.29, 1.82) is 0 Å². The van der Waals surface area contributed by atoms with E-state index < -0.39 is 0 Å². The van der Waals surface area contributed by atoms with Crippen molar-refractivity contribution < 1.29 is 9.90 Å². The van der Waals surface area contributed by atoms with Gasteiger partial charge in [-0.1, -0.05) is 22.0 Å². The number of hydrogen-bond acceptors (Lipinski definition) is 2. The third-order valence-corrected chi connectivity index (χ3v) is 2.85. The van der Waals surface area contributed by atoms with E-state index in [1.54, 1.807) is 19.1 Å². The van der Waals surface area contributed by atoms with E-state index in [1.807, 2.05) is 6.92 Å². The standard InChI is InChI=1S/C12H16BrNO2/c1-8-3-4-10(7-11(8)15)12(16)14-9(2)5-6-13/h3-4,7,9,15H,5-6H2,1-2H3,(H,14,16). The zero-order chi connectivity index (χ0) is 12.1. The summed E-state index contributed by atoms with van der Waals surface area (Å²) in [5.41, 5.74) is 1.26. The van der Waals surface area contributed by atoms with Crippen molar-refractivity contribution in [3.8, 4) is 5.75 Å². The molecule has 0 radical (unpaired) electrons. The van der Waals surface area contributed by atoms with Gasteiger partial charge < -0.3 is 10.4 Å². The maximum Gasteiger partial charge on any atom is 0.251 e. The van der Waals surface area contributed by atoms with Gasteiger partial charge in [-0.2, -0.15) is 0 Å². The molecular weight excluding hydrogens is 270 g/mol. The summed E-state index contributed by atoms with van der Waals surface area (Å²) in [4.78, 5) is 11.8. The molecule has 2 N–H and O–H groups in total. The average Bonchev–Trinajstić information content (AvgIpc) is 2.22. The van der Waals surface area contributed by atoms with Crippen molar-refractivity contribution in [2.75, 3.05) is 5.33 Å². The molecule has 1 atom stereocenters. The Morgan fingerprint density at radius 1 is 1.56 bits per heavy atom. The van der Waals surface area contributed by atoms with Crippen LogP contribution < -0.4 is 5.32 Å². The monoisotopic (exact) mass is 285 g/mol.